The minimum absolute atomic E-state index is 0.341. The van der Waals surface area contributed by atoms with Gasteiger partial charge < -0.3 is 0 Å². The standard InChI is InChI=1S/C22H36O/c1-14(23)19-7-8-20-18-6-5-15-13-21(2,3)11-9-16(15)17(18)10-12-22(19,20)4/h15-20H,5-13H2,1-4H3/t15?,16-,17?,18?,19+,20?,22+/m0/s1. The van der Waals surface area contributed by atoms with Crippen LogP contribution in [0.5, 0.6) is 0 Å². The summed E-state index contributed by atoms with van der Waals surface area (Å²) in [5, 5.41) is 0. The zero-order chi connectivity index (χ0) is 16.4. The lowest BCUT2D eigenvalue weighted by Gasteiger charge is -2.57. The Morgan fingerprint density at radius 3 is 2.30 bits per heavy atom. The Morgan fingerprint density at radius 2 is 1.57 bits per heavy atom. The predicted octanol–water partition coefficient (Wildman–Crippen LogP) is 5.87. The van der Waals surface area contributed by atoms with Crippen LogP contribution in [0.4, 0.5) is 0 Å². The average molecular weight is 317 g/mol. The van der Waals surface area contributed by atoms with E-state index in [1.54, 1.807) is 0 Å². The molecule has 0 saturated heterocycles. The molecule has 130 valence electrons. The fourth-order valence-electron chi connectivity index (χ4n) is 7.97. The summed E-state index contributed by atoms with van der Waals surface area (Å²) in [5.41, 5.74) is 0.929. The molecule has 1 nitrogen and oxygen atoms in total. The molecular formula is C22H36O. The Balaban J connectivity index is 1.56. The lowest BCUT2D eigenvalue weighted by atomic mass is 9.48. The van der Waals surface area contributed by atoms with Crippen molar-refractivity contribution in [3.63, 3.8) is 0 Å². The summed E-state index contributed by atoms with van der Waals surface area (Å²) in [5.74, 6) is 5.66. The fourth-order valence-corrected chi connectivity index (χ4v) is 7.97. The smallest absolute Gasteiger partial charge is 0.133 e. The molecule has 23 heavy (non-hydrogen) atoms. The summed E-state index contributed by atoms with van der Waals surface area (Å²) in [6.45, 7) is 9.30. The third kappa shape index (κ3) is 2.44. The van der Waals surface area contributed by atoms with Crippen LogP contribution in [-0.2, 0) is 4.79 Å². The molecule has 4 rings (SSSR count). The molecule has 0 amide bonds. The Bertz CT molecular complexity index is 492. The Hall–Kier alpha value is -0.330. The van der Waals surface area contributed by atoms with E-state index in [1.165, 1.54) is 57.8 Å². The van der Waals surface area contributed by atoms with Gasteiger partial charge >= 0.3 is 0 Å². The van der Waals surface area contributed by atoms with Gasteiger partial charge in [0.15, 0.2) is 0 Å². The van der Waals surface area contributed by atoms with Gasteiger partial charge in [-0.3, -0.25) is 4.79 Å². The summed E-state index contributed by atoms with van der Waals surface area (Å²) in [7, 11) is 0. The molecule has 0 N–H and O–H groups in total. The van der Waals surface area contributed by atoms with Crippen LogP contribution in [0.1, 0.15) is 85.5 Å². The summed E-state index contributed by atoms with van der Waals surface area (Å²) in [6, 6.07) is 0. The van der Waals surface area contributed by atoms with Gasteiger partial charge in [0.25, 0.3) is 0 Å². The van der Waals surface area contributed by atoms with Gasteiger partial charge in [-0.2, -0.15) is 0 Å². The number of rotatable bonds is 1. The second kappa shape index (κ2) is 5.33. The second-order valence-electron chi connectivity index (χ2n) is 10.6. The van der Waals surface area contributed by atoms with Gasteiger partial charge in [0.2, 0.25) is 0 Å². The van der Waals surface area contributed by atoms with Crippen LogP contribution in [0.15, 0.2) is 0 Å². The maximum atomic E-state index is 12.2. The molecule has 0 aromatic rings. The summed E-state index contributed by atoms with van der Waals surface area (Å²) >= 11 is 0. The minimum Gasteiger partial charge on any atom is -0.300 e. The zero-order valence-corrected chi connectivity index (χ0v) is 15.7. The molecule has 0 bridgehead atoms. The molecule has 1 heteroatoms. The topological polar surface area (TPSA) is 17.1 Å². The van der Waals surface area contributed by atoms with E-state index in [9.17, 15) is 4.79 Å². The third-order valence-electron chi connectivity index (χ3n) is 8.98. The number of fused-ring (bicyclic) bond motifs is 5. The van der Waals surface area contributed by atoms with Crippen molar-refractivity contribution in [1.82, 2.24) is 0 Å². The van der Waals surface area contributed by atoms with E-state index in [2.05, 4.69) is 20.8 Å². The first-order valence-electron chi connectivity index (χ1n) is 10.3. The molecule has 4 aliphatic rings. The van der Waals surface area contributed by atoms with Crippen molar-refractivity contribution in [2.75, 3.05) is 0 Å². The van der Waals surface area contributed by atoms with Crippen LogP contribution >= 0.6 is 0 Å². The van der Waals surface area contributed by atoms with Gasteiger partial charge in [-0.25, -0.2) is 0 Å². The van der Waals surface area contributed by atoms with E-state index in [4.69, 9.17) is 0 Å². The number of Topliss-reactive ketones (excluding diaryl/α,β-unsaturated/α-hetero) is 1. The van der Waals surface area contributed by atoms with E-state index in [0.717, 1.165) is 29.6 Å². The monoisotopic (exact) mass is 316 g/mol. The first kappa shape index (κ1) is 16.2. The Labute approximate surface area is 143 Å². The first-order chi connectivity index (χ1) is 10.8. The molecular weight excluding hydrogens is 280 g/mol. The zero-order valence-electron chi connectivity index (χ0n) is 15.7. The van der Waals surface area contributed by atoms with Gasteiger partial charge in [-0.05, 0) is 105 Å². The predicted molar refractivity (Wildman–Crippen MR) is 95.1 cm³/mol. The summed E-state index contributed by atoms with van der Waals surface area (Å²) in [6.07, 6.45) is 12.6. The van der Waals surface area contributed by atoms with Crippen molar-refractivity contribution in [3.05, 3.63) is 0 Å². The van der Waals surface area contributed by atoms with Crippen molar-refractivity contribution in [3.8, 4) is 0 Å². The number of ketones is 1. The van der Waals surface area contributed by atoms with E-state index in [0.29, 0.717) is 22.5 Å². The molecule has 0 aliphatic heterocycles. The molecule has 4 fully saturated rings. The van der Waals surface area contributed by atoms with Crippen LogP contribution in [-0.4, -0.2) is 5.78 Å². The maximum Gasteiger partial charge on any atom is 0.133 e. The molecule has 0 aromatic carbocycles. The molecule has 0 heterocycles. The molecule has 0 spiro atoms. The summed E-state index contributed by atoms with van der Waals surface area (Å²) < 4.78 is 0. The highest BCUT2D eigenvalue weighted by Gasteiger charge is 2.58. The van der Waals surface area contributed by atoms with Crippen molar-refractivity contribution in [2.24, 2.45) is 46.3 Å². The van der Waals surface area contributed by atoms with Crippen molar-refractivity contribution in [1.29, 1.82) is 0 Å². The minimum atomic E-state index is 0.341. The van der Waals surface area contributed by atoms with Crippen LogP contribution in [0.2, 0.25) is 0 Å². The van der Waals surface area contributed by atoms with Crippen LogP contribution < -0.4 is 0 Å². The number of carbonyl (C=O) groups is 1. The quantitative estimate of drug-likeness (QED) is 0.591. The highest BCUT2D eigenvalue weighted by atomic mass is 16.1. The van der Waals surface area contributed by atoms with E-state index in [1.807, 2.05) is 6.92 Å². The Kier molecular flexibility index (Phi) is 3.75. The van der Waals surface area contributed by atoms with Gasteiger partial charge in [0, 0.05) is 5.92 Å². The van der Waals surface area contributed by atoms with Crippen LogP contribution in [0.25, 0.3) is 0 Å². The van der Waals surface area contributed by atoms with Crippen LogP contribution in [0, 0.1) is 46.3 Å². The number of carbonyl (C=O) groups excluding carboxylic acids is 1. The molecule has 0 radical (unpaired) electrons. The van der Waals surface area contributed by atoms with Gasteiger partial charge in [0.05, 0.1) is 0 Å². The first-order valence-corrected chi connectivity index (χ1v) is 10.3. The second-order valence-corrected chi connectivity index (χ2v) is 10.6. The van der Waals surface area contributed by atoms with Crippen molar-refractivity contribution in [2.45, 2.75) is 85.5 Å². The normalized spacial score (nSPS) is 51.5. The molecule has 4 saturated carbocycles. The van der Waals surface area contributed by atoms with E-state index in [-0.39, 0.29) is 0 Å². The lowest BCUT2D eigenvalue weighted by Crippen LogP contribution is -2.49. The van der Waals surface area contributed by atoms with Gasteiger partial charge in [0.1, 0.15) is 5.78 Å². The highest BCUT2D eigenvalue weighted by molar-refractivity contribution is 5.79. The SMILES string of the molecule is CC(=O)[C@H]1CCC2C3CCC4CC(C)(C)CC[C@@H]4C3CC[C@@]21C. The van der Waals surface area contributed by atoms with Crippen molar-refractivity contribution >= 4 is 5.78 Å². The average Bonchev–Trinajstić information content (AvgIpc) is 2.83. The van der Waals surface area contributed by atoms with Gasteiger partial charge in [-0.1, -0.05) is 20.8 Å². The molecule has 4 aliphatic carbocycles. The van der Waals surface area contributed by atoms with Crippen LogP contribution in [0.3, 0.4) is 0 Å². The highest BCUT2D eigenvalue weighted by Crippen LogP contribution is 2.65. The van der Waals surface area contributed by atoms with E-state index < -0.39 is 0 Å². The van der Waals surface area contributed by atoms with Gasteiger partial charge in [-0.15, -0.1) is 0 Å². The molecule has 0 aromatic heterocycles. The number of hydrogen-bond acceptors (Lipinski definition) is 1. The third-order valence-corrected chi connectivity index (χ3v) is 8.98. The molecule has 7 atom stereocenters. The van der Waals surface area contributed by atoms with E-state index >= 15 is 0 Å². The number of hydrogen-bond donors (Lipinski definition) is 0. The lowest BCUT2D eigenvalue weighted by molar-refractivity contribution is -0.128. The Morgan fingerprint density at radius 1 is 0.826 bits per heavy atom. The largest absolute Gasteiger partial charge is 0.300 e. The fraction of sp³-hybridized carbons (Fsp3) is 0.955. The molecule has 4 unspecified atom stereocenters. The van der Waals surface area contributed by atoms with Crippen molar-refractivity contribution < 1.29 is 4.79 Å². The maximum absolute atomic E-state index is 12.2. The summed E-state index contributed by atoms with van der Waals surface area (Å²) in [4.78, 5) is 12.2.